The zero-order valence-electron chi connectivity index (χ0n) is 32.6. The third-order valence-corrected chi connectivity index (χ3v) is 13.1. The van der Waals surface area contributed by atoms with Crippen molar-refractivity contribution >= 4 is 76.1 Å². The van der Waals surface area contributed by atoms with Crippen molar-refractivity contribution in [1.29, 1.82) is 0 Å². The first-order valence-corrected chi connectivity index (χ1v) is 20.4. The van der Waals surface area contributed by atoms with E-state index in [1.54, 1.807) is 0 Å². The number of nitrogens with zero attached hydrogens (tertiary/aromatic N) is 4. The van der Waals surface area contributed by atoms with Gasteiger partial charge in [0, 0.05) is 49.0 Å². The Bertz CT molecular complexity index is 3770. The molecule has 3 aromatic heterocycles. The second kappa shape index (κ2) is 11.7. The SMILES string of the molecule is CC1(C)c2ccccc2-c2cc(-c3nc(-n4c5cc(-n6c7ccccc7c7ccc8ccccc8c76)ccc5c5c6ccccc6ccc54)nc4ccccc34)ccc21. The molecule has 0 bridgehead atoms. The molecule has 59 heavy (non-hydrogen) atoms. The van der Waals surface area contributed by atoms with Crippen LogP contribution >= 0.6 is 0 Å². The summed E-state index contributed by atoms with van der Waals surface area (Å²) in [6, 6.07) is 66.4. The van der Waals surface area contributed by atoms with Crippen molar-refractivity contribution in [2.24, 2.45) is 0 Å². The Kier molecular flexibility index (Phi) is 6.48. The molecule has 0 atom stereocenters. The van der Waals surface area contributed by atoms with Crippen LogP contribution in [0.2, 0.25) is 0 Å². The van der Waals surface area contributed by atoms with Gasteiger partial charge in [-0.15, -0.1) is 0 Å². The average Bonchev–Trinajstić information content (AvgIpc) is 3.89. The number of aromatic nitrogens is 4. The van der Waals surface area contributed by atoms with E-state index in [-0.39, 0.29) is 5.41 Å². The fourth-order valence-corrected chi connectivity index (χ4v) is 10.4. The van der Waals surface area contributed by atoms with Crippen molar-refractivity contribution in [2.75, 3.05) is 0 Å². The van der Waals surface area contributed by atoms with Crippen molar-refractivity contribution in [2.45, 2.75) is 19.3 Å². The van der Waals surface area contributed by atoms with Gasteiger partial charge in [0.25, 0.3) is 0 Å². The maximum Gasteiger partial charge on any atom is 0.235 e. The second-order valence-electron chi connectivity index (χ2n) is 16.6. The van der Waals surface area contributed by atoms with Crippen molar-refractivity contribution < 1.29 is 0 Å². The highest BCUT2D eigenvalue weighted by molar-refractivity contribution is 6.22. The smallest absolute Gasteiger partial charge is 0.235 e. The van der Waals surface area contributed by atoms with Crippen LogP contribution in [0.4, 0.5) is 0 Å². The first-order chi connectivity index (χ1) is 29.0. The molecule has 0 radical (unpaired) electrons. The van der Waals surface area contributed by atoms with Crippen molar-refractivity contribution in [3.63, 3.8) is 0 Å². The largest absolute Gasteiger partial charge is 0.309 e. The highest BCUT2D eigenvalue weighted by Crippen LogP contribution is 2.50. The summed E-state index contributed by atoms with van der Waals surface area (Å²) in [5.41, 5.74) is 13.8. The first kappa shape index (κ1) is 32.5. The minimum atomic E-state index is -0.0739. The Hall–Kier alpha value is -7.56. The Morgan fingerprint density at radius 1 is 0.424 bits per heavy atom. The molecule has 0 unspecified atom stereocenters. The highest BCUT2D eigenvalue weighted by Gasteiger charge is 2.35. The lowest BCUT2D eigenvalue weighted by Crippen LogP contribution is -2.14. The van der Waals surface area contributed by atoms with Gasteiger partial charge in [-0.25, -0.2) is 9.97 Å². The fraction of sp³-hybridized carbons (Fsp3) is 0.0545. The van der Waals surface area contributed by atoms with Crippen molar-refractivity contribution in [1.82, 2.24) is 19.1 Å². The van der Waals surface area contributed by atoms with E-state index in [1.165, 1.54) is 76.4 Å². The lowest BCUT2D eigenvalue weighted by atomic mass is 9.82. The molecule has 4 heteroatoms. The van der Waals surface area contributed by atoms with Crippen LogP contribution in [0.1, 0.15) is 25.0 Å². The van der Waals surface area contributed by atoms with Crippen LogP contribution in [0.5, 0.6) is 0 Å². The van der Waals surface area contributed by atoms with Gasteiger partial charge in [-0.05, 0) is 74.8 Å². The van der Waals surface area contributed by atoms with Gasteiger partial charge < -0.3 is 4.57 Å². The number of fused-ring (bicyclic) bond motifs is 14. The van der Waals surface area contributed by atoms with Crippen LogP contribution in [0.3, 0.4) is 0 Å². The second-order valence-corrected chi connectivity index (χ2v) is 16.6. The van der Waals surface area contributed by atoms with Gasteiger partial charge in [-0.2, -0.15) is 0 Å². The molecule has 13 rings (SSSR count). The van der Waals surface area contributed by atoms with Crippen LogP contribution in [0, 0.1) is 0 Å². The van der Waals surface area contributed by atoms with Gasteiger partial charge >= 0.3 is 0 Å². The molecule has 0 aliphatic heterocycles. The lowest BCUT2D eigenvalue weighted by molar-refractivity contribution is 0.660. The summed E-state index contributed by atoms with van der Waals surface area (Å²) in [5.74, 6) is 0.653. The third kappa shape index (κ3) is 4.43. The summed E-state index contributed by atoms with van der Waals surface area (Å²) < 4.78 is 4.75. The molecule has 0 saturated carbocycles. The quantitative estimate of drug-likeness (QED) is 0.180. The maximum absolute atomic E-state index is 5.59. The number of hydrogen-bond acceptors (Lipinski definition) is 2. The minimum absolute atomic E-state index is 0.0739. The van der Waals surface area contributed by atoms with E-state index in [1.807, 2.05) is 0 Å². The van der Waals surface area contributed by atoms with Crippen LogP contribution in [-0.2, 0) is 5.41 Å². The topological polar surface area (TPSA) is 35.6 Å². The van der Waals surface area contributed by atoms with Gasteiger partial charge in [-0.3, -0.25) is 4.57 Å². The van der Waals surface area contributed by atoms with Gasteiger partial charge in [-0.1, -0.05) is 159 Å². The summed E-state index contributed by atoms with van der Waals surface area (Å²) in [5, 5.41) is 10.8. The molecule has 1 aliphatic carbocycles. The van der Waals surface area contributed by atoms with Gasteiger partial charge in [0.15, 0.2) is 0 Å². The Balaban J connectivity index is 1.12. The molecule has 3 heterocycles. The fourth-order valence-electron chi connectivity index (χ4n) is 10.4. The van der Waals surface area contributed by atoms with Crippen molar-refractivity contribution in [3.05, 3.63) is 193 Å². The molecule has 0 spiro atoms. The molecular weight excluding hydrogens is 717 g/mol. The number of para-hydroxylation sites is 2. The summed E-state index contributed by atoms with van der Waals surface area (Å²) >= 11 is 0. The molecule has 1 aliphatic rings. The van der Waals surface area contributed by atoms with Crippen LogP contribution < -0.4 is 0 Å². The Morgan fingerprint density at radius 3 is 1.98 bits per heavy atom. The zero-order valence-corrected chi connectivity index (χ0v) is 32.6. The summed E-state index contributed by atoms with van der Waals surface area (Å²) in [6.07, 6.45) is 0. The van der Waals surface area contributed by atoms with Gasteiger partial charge in [0.1, 0.15) is 0 Å². The van der Waals surface area contributed by atoms with Crippen LogP contribution in [-0.4, -0.2) is 19.1 Å². The summed E-state index contributed by atoms with van der Waals surface area (Å²) in [6.45, 7) is 4.66. The Morgan fingerprint density at radius 2 is 1.10 bits per heavy atom. The third-order valence-electron chi connectivity index (χ3n) is 13.1. The van der Waals surface area contributed by atoms with E-state index < -0.39 is 0 Å². The molecule has 9 aromatic carbocycles. The average molecular weight is 753 g/mol. The number of benzene rings is 9. The first-order valence-electron chi connectivity index (χ1n) is 20.4. The van der Waals surface area contributed by atoms with E-state index in [9.17, 15) is 0 Å². The molecule has 12 aromatic rings. The van der Waals surface area contributed by atoms with E-state index >= 15 is 0 Å². The standard InChI is InChI=1S/C55H36N4/c1-55(2)45-20-10-7-17-39(45)44-31-35(24-29-46(44)55)52-42-19-8-11-21-47(42)56-54(57-52)59-49-30-25-33-13-3-5-15-37(33)51(49)43-28-26-36(32-50(43)59)58-48-22-12-9-18-40(48)41-27-23-34-14-4-6-16-38(34)53(41)58/h3-32H,1-2H3. The van der Waals surface area contributed by atoms with Crippen LogP contribution in [0.15, 0.2) is 182 Å². The monoisotopic (exact) mass is 752 g/mol. The molecule has 0 fully saturated rings. The normalized spacial score (nSPS) is 13.4. The van der Waals surface area contributed by atoms with E-state index in [4.69, 9.17) is 9.97 Å². The van der Waals surface area contributed by atoms with Crippen molar-refractivity contribution in [3.8, 4) is 34.0 Å². The summed E-state index contributed by atoms with van der Waals surface area (Å²) in [4.78, 5) is 11.0. The number of hydrogen-bond donors (Lipinski definition) is 0. The Labute approximate surface area is 340 Å². The zero-order chi connectivity index (χ0) is 39.0. The molecule has 276 valence electrons. The number of rotatable bonds is 3. The van der Waals surface area contributed by atoms with E-state index in [0.717, 1.165) is 38.9 Å². The highest BCUT2D eigenvalue weighted by atomic mass is 15.2. The maximum atomic E-state index is 5.59. The lowest BCUT2D eigenvalue weighted by Gasteiger charge is -2.21. The van der Waals surface area contributed by atoms with Gasteiger partial charge in [0.2, 0.25) is 5.95 Å². The van der Waals surface area contributed by atoms with Crippen LogP contribution in [0.25, 0.3) is 110 Å². The predicted octanol–water partition coefficient (Wildman–Crippen LogP) is 14.1. The molecule has 0 N–H and O–H groups in total. The minimum Gasteiger partial charge on any atom is -0.309 e. The van der Waals surface area contributed by atoms with Gasteiger partial charge in [0.05, 0.1) is 33.3 Å². The predicted molar refractivity (Wildman–Crippen MR) is 246 cm³/mol. The molecule has 0 saturated heterocycles. The van der Waals surface area contributed by atoms with E-state index in [0.29, 0.717) is 5.95 Å². The summed E-state index contributed by atoms with van der Waals surface area (Å²) in [7, 11) is 0. The molecular formula is C55H36N4. The molecule has 4 nitrogen and oxygen atoms in total. The van der Waals surface area contributed by atoms with E-state index in [2.05, 4.69) is 205 Å². The molecule has 0 amide bonds.